The van der Waals surface area contributed by atoms with Gasteiger partial charge in [0.25, 0.3) is 0 Å². The predicted molar refractivity (Wildman–Crippen MR) is 68.7 cm³/mol. The highest BCUT2D eigenvalue weighted by molar-refractivity contribution is 5.00. The van der Waals surface area contributed by atoms with Crippen molar-refractivity contribution in [1.29, 1.82) is 0 Å². The highest BCUT2D eigenvalue weighted by Crippen LogP contribution is 2.45. The molecule has 0 amide bonds. The molecule has 1 heterocycles. The Labute approximate surface area is 101 Å². The molecule has 1 N–H and O–H groups in total. The monoisotopic (exact) mass is 227 g/mol. The predicted octanol–water partition coefficient (Wildman–Crippen LogP) is 4.37. The molecule has 0 aromatic rings. The zero-order valence-electron chi connectivity index (χ0n) is 11.6. The van der Waals surface area contributed by atoms with E-state index in [4.69, 9.17) is 0 Å². The summed E-state index contributed by atoms with van der Waals surface area (Å²) in [6.07, 6.45) is 9.51. The maximum absolute atomic E-state index is 10.5. The Kier molecular flexibility index (Phi) is 4.81. The molecule has 2 nitrogen and oxygen atoms in total. The average molecular weight is 227 g/mol. The third kappa shape index (κ3) is 2.78. The molecule has 96 valence electrons. The first-order valence-corrected chi connectivity index (χ1v) is 6.98. The first kappa shape index (κ1) is 14.0. The van der Waals surface area contributed by atoms with Crippen molar-refractivity contribution in [2.45, 2.75) is 90.1 Å². The largest absolute Gasteiger partial charge is 0.313 e. The first-order valence-electron chi connectivity index (χ1n) is 6.98. The van der Waals surface area contributed by atoms with Gasteiger partial charge >= 0.3 is 0 Å². The van der Waals surface area contributed by atoms with Crippen molar-refractivity contribution < 1.29 is 5.21 Å². The van der Waals surface area contributed by atoms with E-state index in [0.29, 0.717) is 0 Å². The van der Waals surface area contributed by atoms with Gasteiger partial charge in [0, 0.05) is 11.1 Å². The van der Waals surface area contributed by atoms with E-state index in [1.807, 2.05) is 0 Å². The van der Waals surface area contributed by atoms with Gasteiger partial charge in [-0.2, -0.15) is 5.06 Å². The van der Waals surface area contributed by atoms with Crippen molar-refractivity contribution in [3.8, 4) is 0 Å². The van der Waals surface area contributed by atoms with Crippen molar-refractivity contribution >= 4 is 0 Å². The second kappa shape index (κ2) is 5.50. The van der Waals surface area contributed by atoms with Crippen molar-refractivity contribution in [2.75, 3.05) is 0 Å². The third-order valence-corrected chi connectivity index (χ3v) is 4.22. The van der Waals surface area contributed by atoms with E-state index in [2.05, 4.69) is 27.7 Å². The Morgan fingerprint density at radius 1 is 1.00 bits per heavy atom. The van der Waals surface area contributed by atoms with Crippen LogP contribution >= 0.6 is 0 Å². The topological polar surface area (TPSA) is 23.5 Å². The summed E-state index contributed by atoms with van der Waals surface area (Å²) in [5.41, 5.74) is 0.0526. The molecule has 0 saturated carbocycles. The van der Waals surface area contributed by atoms with E-state index in [1.54, 1.807) is 5.06 Å². The molecule has 1 aliphatic rings. The maximum atomic E-state index is 10.5. The normalized spacial score (nSPS) is 23.8. The minimum atomic E-state index is -0.0263. The van der Waals surface area contributed by atoms with Crippen LogP contribution in [0.4, 0.5) is 0 Å². The lowest BCUT2D eigenvalue weighted by Gasteiger charge is -2.40. The Hall–Kier alpha value is -0.0800. The molecule has 2 heteroatoms. The van der Waals surface area contributed by atoms with Crippen LogP contribution in [-0.4, -0.2) is 21.3 Å². The van der Waals surface area contributed by atoms with Gasteiger partial charge in [-0.05, 0) is 39.5 Å². The van der Waals surface area contributed by atoms with Crippen LogP contribution in [0.1, 0.15) is 79.1 Å². The summed E-state index contributed by atoms with van der Waals surface area (Å²) >= 11 is 0. The quantitative estimate of drug-likeness (QED) is 0.728. The molecular weight excluding hydrogens is 198 g/mol. The van der Waals surface area contributed by atoms with Gasteiger partial charge in [-0.15, -0.1) is 0 Å². The van der Waals surface area contributed by atoms with Crippen molar-refractivity contribution in [3.63, 3.8) is 0 Å². The molecular formula is C14H29NO. The van der Waals surface area contributed by atoms with Crippen molar-refractivity contribution in [3.05, 3.63) is 0 Å². The molecule has 16 heavy (non-hydrogen) atoms. The van der Waals surface area contributed by atoms with Crippen LogP contribution in [0.3, 0.4) is 0 Å². The summed E-state index contributed by atoms with van der Waals surface area (Å²) < 4.78 is 0. The van der Waals surface area contributed by atoms with E-state index in [0.717, 1.165) is 25.7 Å². The smallest absolute Gasteiger partial charge is 0.0467 e. The lowest BCUT2D eigenvalue weighted by molar-refractivity contribution is -0.207. The number of unbranched alkanes of at least 4 members (excludes halogenated alkanes) is 2. The minimum Gasteiger partial charge on any atom is -0.313 e. The fourth-order valence-corrected chi connectivity index (χ4v) is 2.99. The van der Waals surface area contributed by atoms with E-state index < -0.39 is 0 Å². The number of hydrogen-bond donors (Lipinski definition) is 1. The third-order valence-electron chi connectivity index (χ3n) is 4.22. The van der Waals surface area contributed by atoms with Gasteiger partial charge in [-0.3, -0.25) is 0 Å². The second-order valence-corrected chi connectivity index (χ2v) is 6.06. The Morgan fingerprint density at radius 3 is 1.81 bits per heavy atom. The van der Waals surface area contributed by atoms with Crippen LogP contribution < -0.4 is 0 Å². The van der Waals surface area contributed by atoms with Gasteiger partial charge in [0.05, 0.1) is 0 Å². The summed E-state index contributed by atoms with van der Waals surface area (Å²) in [7, 11) is 0. The summed E-state index contributed by atoms with van der Waals surface area (Å²) in [5.74, 6) is 0. The van der Waals surface area contributed by atoms with Gasteiger partial charge in [0.2, 0.25) is 0 Å². The van der Waals surface area contributed by atoms with E-state index in [9.17, 15) is 5.21 Å². The highest BCUT2D eigenvalue weighted by Gasteiger charge is 2.48. The standard InChI is InChI=1S/C14H29NO/c1-5-7-9-14(10-8-6-2)12-11-13(3,4)15(14)16/h16H,5-12H2,1-4H3. The molecule has 1 aliphatic heterocycles. The van der Waals surface area contributed by atoms with Crippen LogP contribution in [0, 0.1) is 0 Å². The summed E-state index contributed by atoms with van der Waals surface area (Å²) in [5, 5.41) is 12.2. The lowest BCUT2D eigenvalue weighted by Crippen LogP contribution is -2.49. The highest BCUT2D eigenvalue weighted by atomic mass is 16.5. The summed E-state index contributed by atoms with van der Waals surface area (Å²) in [4.78, 5) is 0. The summed E-state index contributed by atoms with van der Waals surface area (Å²) in [6, 6.07) is 0. The second-order valence-electron chi connectivity index (χ2n) is 6.06. The molecule has 0 radical (unpaired) electrons. The van der Waals surface area contributed by atoms with Crippen LogP contribution in [0.5, 0.6) is 0 Å². The van der Waals surface area contributed by atoms with Crippen molar-refractivity contribution in [1.82, 2.24) is 5.06 Å². The Balaban J connectivity index is 2.71. The number of hydrogen-bond acceptors (Lipinski definition) is 2. The molecule has 0 unspecified atom stereocenters. The molecule has 0 bridgehead atoms. The SMILES string of the molecule is CCCCC1(CCCC)CCC(C)(C)N1O. The molecule has 0 aromatic carbocycles. The molecule has 0 spiro atoms. The molecule has 1 fully saturated rings. The van der Waals surface area contributed by atoms with Gasteiger partial charge < -0.3 is 5.21 Å². The molecule has 1 saturated heterocycles. The van der Waals surface area contributed by atoms with Crippen LogP contribution in [0.15, 0.2) is 0 Å². The molecule has 0 aliphatic carbocycles. The van der Waals surface area contributed by atoms with Gasteiger partial charge in [-0.25, -0.2) is 0 Å². The number of hydroxylamine groups is 2. The van der Waals surface area contributed by atoms with Crippen LogP contribution in [-0.2, 0) is 0 Å². The lowest BCUT2D eigenvalue weighted by atomic mass is 9.85. The average Bonchev–Trinajstić information content (AvgIpc) is 2.48. The number of rotatable bonds is 6. The summed E-state index contributed by atoms with van der Waals surface area (Å²) in [6.45, 7) is 8.78. The van der Waals surface area contributed by atoms with Crippen LogP contribution in [0.2, 0.25) is 0 Å². The van der Waals surface area contributed by atoms with Gasteiger partial charge in [0.1, 0.15) is 0 Å². The zero-order chi connectivity index (χ0) is 12.2. The molecule has 1 rings (SSSR count). The van der Waals surface area contributed by atoms with E-state index in [-0.39, 0.29) is 11.1 Å². The minimum absolute atomic E-state index is 0.0263. The molecule has 0 aromatic heterocycles. The molecule has 0 atom stereocenters. The number of nitrogens with zero attached hydrogens (tertiary/aromatic N) is 1. The van der Waals surface area contributed by atoms with E-state index >= 15 is 0 Å². The van der Waals surface area contributed by atoms with Gasteiger partial charge in [-0.1, -0.05) is 39.5 Å². The fraction of sp³-hybridized carbons (Fsp3) is 1.00. The fourth-order valence-electron chi connectivity index (χ4n) is 2.99. The van der Waals surface area contributed by atoms with Crippen molar-refractivity contribution in [2.24, 2.45) is 0 Å². The zero-order valence-corrected chi connectivity index (χ0v) is 11.6. The Morgan fingerprint density at radius 2 is 1.50 bits per heavy atom. The van der Waals surface area contributed by atoms with Gasteiger partial charge in [0.15, 0.2) is 0 Å². The maximum Gasteiger partial charge on any atom is 0.0467 e. The van der Waals surface area contributed by atoms with E-state index in [1.165, 1.54) is 25.7 Å². The first-order chi connectivity index (χ1) is 7.48. The van der Waals surface area contributed by atoms with Crippen LogP contribution in [0.25, 0.3) is 0 Å². The Bertz CT molecular complexity index is 205.